The Balaban J connectivity index is 1.97. The minimum Gasteiger partial charge on any atom is -0.497 e. The average molecular weight is 489 g/mol. The molecule has 3 aromatic carbocycles. The highest BCUT2D eigenvalue weighted by Crippen LogP contribution is 2.31. The lowest BCUT2D eigenvalue weighted by Gasteiger charge is -2.25. The standard InChI is InChI=1S/C24H25ClN2O5S/c1-16-5-10-20(11-6-16)33(29,30)27(18-8-7-17(2)21(25)13-18)15-24(28)26-22-12-9-19(31-3)14-23(22)32-4/h5-14H,15H2,1-4H3,(H,26,28). The number of methoxy groups -OCH3 is 2. The Bertz CT molecular complexity index is 1260. The molecule has 9 heteroatoms. The van der Waals surface area contributed by atoms with E-state index in [4.69, 9.17) is 21.1 Å². The van der Waals surface area contributed by atoms with Crippen molar-refractivity contribution in [2.75, 3.05) is 30.4 Å². The maximum Gasteiger partial charge on any atom is 0.264 e. The molecule has 0 radical (unpaired) electrons. The number of hydrogen-bond donors (Lipinski definition) is 1. The predicted molar refractivity (Wildman–Crippen MR) is 130 cm³/mol. The van der Waals surface area contributed by atoms with Crippen LogP contribution < -0.4 is 19.1 Å². The van der Waals surface area contributed by atoms with E-state index < -0.39 is 22.5 Å². The van der Waals surface area contributed by atoms with Gasteiger partial charge in [0.25, 0.3) is 10.0 Å². The molecule has 0 saturated heterocycles. The van der Waals surface area contributed by atoms with Crippen molar-refractivity contribution >= 4 is 38.9 Å². The van der Waals surface area contributed by atoms with Crippen molar-refractivity contribution in [1.82, 2.24) is 0 Å². The van der Waals surface area contributed by atoms with E-state index in [0.717, 1.165) is 15.4 Å². The first-order chi connectivity index (χ1) is 15.6. The molecule has 0 saturated carbocycles. The zero-order chi connectivity index (χ0) is 24.2. The molecule has 3 rings (SSSR count). The number of amides is 1. The monoisotopic (exact) mass is 488 g/mol. The summed E-state index contributed by atoms with van der Waals surface area (Å²) in [6.45, 7) is 3.21. The molecule has 0 atom stereocenters. The van der Waals surface area contributed by atoms with Gasteiger partial charge in [0.05, 0.1) is 30.5 Å². The second-order valence-corrected chi connectivity index (χ2v) is 9.64. The first kappa shape index (κ1) is 24.4. The topological polar surface area (TPSA) is 84.9 Å². The van der Waals surface area contributed by atoms with E-state index in [-0.39, 0.29) is 10.6 Å². The fourth-order valence-corrected chi connectivity index (χ4v) is 4.70. The number of sulfonamides is 1. The van der Waals surface area contributed by atoms with Crippen molar-refractivity contribution in [3.63, 3.8) is 0 Å². The second kappa shape index (κ2) is 10.1. The molecule has 0 aromatic heterocycles. The Morgan fingerprint density at radius 1 is 0.970 bits per heavy atom. The van der Waals surface area contributed by atoms with Crippen LogP contribution >= 0.6 is 11.6 Å². The van der Waals surface area contributed by atoms with Gasteiger partial charge in [0.2, 0.25) is 5.91 Å². The molecule has 174 valence electrons. The van der Waals surface area contributed by atoms with Gasteiger partial charge in [-0.2, -0.15) is 0 Å². The fourth-order valence-electron chi connectivity index (χ4n) is 3.11. The number of rotatable bonds is 8. The van der Waals surface area contributed by atoms with Crippen molar-refractivity contribution in [1.29, 1.82) is 0 Å². The average Bonchev–Trinajstić information content (AvgIpc) is 2.80. The molecule has 1 N–H and O–H groups in total. The number of aryl methyl sites for hydroxylation is 2. The van der Waals surface area contributed by atoms with Crippen molar-refractivity contribution in [3.8, 4) is 11.5 Å². The van der Waals surface area contributed by atoms with Crippen LogP contribution in [0.2, 0.25) is 5.02 Å². The molecule has 0 bridgehead atoms. The normalized spacial score (nSPS) is 11.1. The molecule has 0 spiro atoms. The van der Waals surface area contributed by atoms with Crippen LogP contribution in [0.15, 0.2) is 65.6 Å². The number of halogens is 1. The summed E-state index contributed by atoms with van der Waals surface area (Å²) in [5.74, 6) is 0.391. The summed E-state index contributed by atoms with van der Waals surface area (Å²) < 4.78 is 38.5. The van der Waals surface area contributed by atoms with Crippen LogP contribution in [0.25, 0.3) is 0 Å². The summed E-state index contributed by atoms with van der Waals surface area (Å²) in [7, 11) is -1.07. The lowest BCUT2D eigenvalue weighted by Crippen LogP contribution is -2.38. The van der Waals surface area contributed by atoms with Gasteiger partial charge in [-0.25, -0.2) is 8.42 Å². The lowest BCUT2D eigenvalue weighted by atomic mass is 10.2. The molecule has 33 heavy (non-hydrogen) atoms. The number of carbonyl (C=O) groups excluding carboxylic acids is 1. The van der Waals surface area contributed by atoms with E-state index >= 15 is 0 Å². The minimum absolute atomic E-state index is 0.0691. The lowest BCUT2D eigenvalue weighted by molar-refractivity contribution is -0.114. The summed E-state index contributed by atoms with van der Waals surface area (Å²) in [5.41, 5.74) is 2.38. The minimum atomic E-state index is -4.05. The Hall–Kier alpha value is -3.23. The van der Waals surface area contributed by atoms with Gasteiger partial charge in [-0.3, -0.25) is 9.10 Å². The van der Waals surface area contributed by atoms with Crippen LogP contribution in [0.4, 0.5) is 11.4 Å². The van der Waals surface area contributed by atoms with E-state index in [0.29, 0.717) is 22.2 Å². The summed E-state index contributed by atoms with van der Waals surface area (Å²) in [4.78, 5) is 13.0. The number of benzene rings is 3. The van der Waals surface area contributed by atoms with Crippen molar-refractivity contribution in [2.45, 2.75) is 18.7 Å². The maximum atomic E-state index is 13.5. The maximum absolute atomic E-state index is 13.5. The van der Waals surface area contributed by atoms with Gasteiger partial charge < -0.3 is 14.8 Å². The number of carbonyl (C=O) groups is 1. The van der Waals surface area contributed by atoms with Gasteiger partial charge in [0, 0.05) is 11.1 Å². The van der Waals surface area contributed by atoms with Crippen LogP contribution in [0.3, 0.4) is 0 Å². The molecule has 0 heterocycles. The van der Waals surface area contributed by atoms with Crippen LogP contribution in [-0.4, -0.2) is 35.1 Å². The largest absolute Gasteiger partial charge is 0.497 e. The van der Waals surface area contributed by atoms with E-state index in [1.165, 1.54) is 32.4 Å². The Morgan fingerprint density at radius 3 is 2.27 bits per heavy atom. The summed E-state index contributed by atoms with van der Waals surface area (Å²) >= 11 is 6.26. The zero-order valence-corrected chi connectivity index (χ0v) is 20.3. The molecule has 0 fully saturated rings. The summed E-state index contributed by atoms with van der Waals surface area (Å²) in [6.07, 6.45) is 0. The summed E-state index contributed by atoms with van der Waals surface area (Å²) in [5, 5.41) is 3.11. The summed E-state index contributed by atoms with van der Waals surface area (Å²) in [6, 6.07) is 16.2. The molecule has 0 aliphatic carbocycles. The van der Waals surface area contributed by atoms with Gasteiger partial charge in [-0.15, -0.1) is 0 Å². The van der Waals surface area contributed by atoms with Crippen LogP contribution in [0.1, 0.15) is 11.1 Å². The second-order valence-electron chi connectivity index (χ2n) is 7.37. The SMILES string of the molecule is COc1ccc(NC(=O)CN(c2ccc(C)c(Cl)c2)S(=O)(=O)c2ccc(C)cc2)c(OC)c1. The number of hydrogen-bond acceptors (Lipinski definition) is 5. The van der Waals surface area contributed by atoms with Gasteiger partial charge in [-0.1, -0.05) is 35.4 Å². The molecular formula is C24H25ClN2O5S. The molecule has 3 aromatic rings. The van der Waals surface area contributed by atoms with E-state index in [1.54, 1.807) is 42.5 Å². The smallest absolute Gasteiger partial charge is 0.264 e. The van der Waals surface area contributed by atoms with E-state index in [9.17, 15) is 13.2 Å². The van der Waals surface area contributed by atoms with Gasteiger partial charge in [0.1, 0.15) is 18.0 Å². The van der Waals surface area contributed by atoms with E-state index in [1.807, 2.05) is 13.8 Å². The van der Waals surface area contributed by atoms with Gasteiger partial charge in [0.15, 0.2) is 0 Å². The van der Waals surface area contributed by atoms with E-state index in [2.05, 4.69) is 5.32 Å². The van der Waals surface area contributed by atoms with Crippen LogP contribution in [0, 0.1) is 13.8 Å². The molecule has 7 nitrogen and oxygen atoms in total. The van der Waals surface area contributed by atoms with Crippen molar-refractivity contribution < 1.29 is 22.7 Å². The van der Waals surface area contributed by atoms with Crippen LogP contribution in [0.5, 0.6) is 11.5 Å². The highest BCUT2D eigenvalue weighted by atomic mass is 35.5. The fraction of sp³-hybridized carbons (Fsp3) is 0.208. The third kappa shape index (κ3) is 5.58. The Kier molecular flexibility index (Phi) is 7.50. The molecule has 0 unspecified atom stereocenters. The number of nitrogens with zero attached hydrogens (tertiary/aromatic N) is 1. The molecule has 0 aliphatic rings. The van der Waals surface area contributed by atoms with Gasteiger partial charge in [-0.05, 0) is 55.8 Å². The number of ether oxygens (including phenoxy) is 2. The van der Waals surface area contributed by atoms with Crippen LogP contribution in [-0.2, 0) is 14.8 Å². The third-order valence-electron chi connectivity index (χ3n) is 5.02. The Labute approximate surface area is 198 Å². The zero-order valence-electron chi connectivity index (χ0n) is 18.8. The number of nitrogens with one attached hydrogen (secondary N) is 1. The van der Waals surface area contributed by atoms with Crippen molar-refractivity contribution in [2.24, 2.45) is 0 Å². The molecule has 0 aliphatic heterocycles. The predicted octanol–water partition coefficient (Wildman–Crippen LogP) is 4.81. The highest BCUT2D eigenvalue weighted by molar-refractivity contribution is 7.92. The van der Waals surface area contributed by atoms with Crippen molar-refractivity contribution in [3.05, 3.63) is 76.8 Å². The molecular weight excluding hydrogens is 464 g/mol. The van der Waals surface area contributed by atoms with Gasteiger partial charge >= 0.3 is 0 Å². The highest BCUT2D eigenvalue weighted by Gasteiger charge is 2.28. The first-order valence-corrected chi connectivity index (χ1v) is 11.8. The Morgan fingerprint density at radius 2 is 1.67 bits per heavy atom. The third-order valence-corrected chi connectivity index (χ3v) is 7.22. The number of anilines is 2. The molecule has 1 amide bonds. The first-order valence-electron chi connectivity index (χ1n) is 10.0. The quantitative estimate of drug-likeness (QED) is 0.492.